The van der Waals surface area contributed by atoms with Gasteiger partial charge in [0, 0.05) is 17.0 Å². The summed E-state index contributed by atoms with van der Waals surface area (Å²) in [5.41, 5.74) is 1.74. The number of phenolic OH excluding ortho intramolecular Hbond substituents is 2. The minimum atomic E-state index is -2.93. The molecular formula is C26H23N3O9. The zero-order chi connectivity index (χ0) is 27.7. The summed E-state index contributed by atoms with van der Waals surface area (Å²) in [5.74, 6) is -7.11. The fraction of sp³-hybridized carbons (Fsp3) is 0.269. The summed E-state index contributed by atoms with van der Waals surface area (Å²) in [7, 11) is 1.13. The second-order valence-electron chi connectivity index (χ2n) is 9.51. The standard InChI is InChI=1S/C26H23N3O9/c1-9(2)14-8-16(38-28-14)11-4-5-15(30)18-12(11)6-10-7-13-20(29-37-3)22(32)19(25(27)35)24(34)26(13,36)23(33)17(10)21(18)31/h4-6,8-9,13,30-32,36H,7H2,1-3H3,(H2,27,35)/b29-20-/t13-,26-/m0/s1. The molecule has 0 spiro atoms. The Kier molecular flexibility index (Phi) is 5.53. The number of aromatic hydroxyl groups is 2. The smallest absolute Gasteiger partial charge is 0.256 e. The number of Topliss-reactive ketones (excluding diaryl/α,β-unsaturated/α-hetero) is 2. The Bertz CT molecular complexity index is 1630. The van der Waals surface area contributed by atoms with E-state index in [9.17, 15) is 34.8 Å². The minimum Gasteiger partial charge on any atom is -0.507 e. The lowest BCUT2D eigenvalue weighted by Crippen LogP contribution is -2.62. The van der Waals surface area contributed by atoms with Crippen LogP contribution in [0.5, 0.6) is 11.5 Å². The van der Waals surface area contributed by atoms with Crippen molar-refractivity contribution in [3.63, 3.8) is 0 Å². The van der Waals surface area contributed by atoms with Gasteiger partial charge in [0.05, 0.1) is 22.6 Å². The van der Waals surface area contributed by atoms with Crippen molar-refractivity contribution in [2.24, 2.45) is 16.8 Å². The van der Waals surface area contributed by atoms with Crippen LogP contribution in [-0.2, 0) is 20.8 Å². The molecule has 0 bridgehead atoms. The van der Waals surface area contributed by atoms with E-state index in [4.69, 9.17) is 15.1 Å². The number of benzene rings is 2. The van der Waals surface area contributed by atoms with Gasteiger partial charge in [-0.25, -0.2) is 0 Å². The Balaban J connectivity index is 1.79. The van der Waals surface area contributed by atoms with Gasteiger partial charge in [-0.2, -0.15) is 0 Å². The number of amides is 1. The van der Waals surface area contributed by atoms with Gasteiger partial charge >= 0.3 is 0 Å². The van der Waals surface area contributed by atoms with Crippen molar-refractivity contribution in [3.8, 4) is 22.8 Å². The van der Waals surface area contributed by atoms with E-state index in [-0.39, 0.29) is 29.0 Å². The maximum atomic E-state index is 13.7. The minimum absolute atomic E-state index is 0.0701. The number of aromatic nitrogens is 1. The Labute approximate surface area is 214 Å². The van der Waals surface area contributed by atoms with Gasteiger partial charge in [-0.15, -0.1) is 0 Å². The molecule has 6 N–H and O–H groups in total. The molecule has 2 aliphatic rings. The van der Waals surface area contributed by atoms with Crippen LogP contribution in [0.4, 0.5) is 0 Å². The highest BCUT2D eigenvalue weighted by atomic mass is 16.6. The van der Waals surface area contributed by atoms with Crippen LogP contribution in [0.2, 0.25) is 0 Å². The van der Waals surface area contributed by atoms with Crippen LogP contribution in [0.3, 0.4) is 0 Å². The van der Waals surface area contributed by atoms with Crippen LogP contribution < -0.4 is 5.73 Å². The van der Waals surface area contributed by atoms with Gasteiger partial charge in [0.2, 0.25) is 11.6 Å². The normalized spacial score (nSPS) is 22.2. The molecule has 3 aromatic rings. The summed E-state index contributed by atoms with van der Waals surface area (Å²) in [6.07, 6.45) is -0.284. The lowest BCUT2D eigenvalue weighted by molar-refractivity contribution is -0.134. The SMILES string of the molecule is CO/N=C1\C(O)=C(C(N)=O)C(=O)[C@@]2(O)C(=O)c3c(cc4c(-c5cc(C(C)C)no5)ccc(O)c4c3O)C[C@@H]12. The first-order valence-corrected chi connectivity index (χ1v) is 11.6. The second-order valence-corrected chi connectivity index (χ2v) is 9.51. The molecule has 0 fully saturated rings. The molecule has 12 nitrogen and oxygen atoms in total. The number of oxime groups is 1. The monoisotopic (exact) mass is 521 g/mol. The molecule has 38 heavy (non-hydrogen) atoms. The van der Waals surface area contributed by atoms with E-state index in [1.807, 2.05) is 13.8 Å². The van der Waals surface area contributed by atoms with Crippen molar-refractivity contribution in [1.82, 2.24) is 5.16 Å². The van der Waals surface area contributed by atoms with Gasteiger partial charge in [-0.3, -0.25) is 14.4 Å². The number of hydrogen-bond acceptors (Lipinski definition) is 11. The number of carbonyl (C=O) groups excluding carboxylic acids is 3. The van der Waals surface area contributed by atoms with Crippen LogP contribution in [0, 0.1) is 5.92 Å². The Morgan fingerprint density at radius 1 is 1.21 bits per heavy atom. The van der Waals surface area contributed by atoms with E-state index in [0.717, 1.165) is 7.11 Å². The Hall–Kier alpha value is -4.71. The van der Waals surface area contributed by atoms with E-state index in [0.29, 0.717) is 22.4 Å². The molecule has 12 heteroatoms. The number of carbonyl (C=O) groups is 3. The number of ketones is 2. The van der Waals surface area contributed by atoms with Crippen molar-refractivity contribution in [3.05, 3.63) is 52.4 Å². The largest absolute Gasteiger partial charge is 0.507 e. The Morgan fingerprint density at radius 2 is 1.92 bits per heavy atom. The molecule has 1 amide bonds. The quantitative estimate of drug-likeness (QED) is 0.192. The fourth-order valence-corrected chi connectivity index (χ4v) is 5.14. The van der Waals surface area contributed by atoms with Crippen molar-refractivity contribution in [1.29, 1.82) is 0 Å². The lowest BCUT2D eigenvalue weighted by Gasteiger charge is -2.41. The molecule has 0 radical (unpaired) electrons. The molecule has 0 unspecified atom stereocenters. The van der Waals surface area contributed by atoms with Crippen LogP contribution in [0.25, 0.3) is 22.1 Å². The molecule has 0 saturated carbocycles. The lowest BCUT2D eigenvalue weighted by atomic mass is 9.62. The van der Waals surface area contributed by atoms with Gasteiger partial charge in [-0.05, 0) is 36.1 Å². The number of phenols is 2. The third-order valence-corrected chi connectivity index (χ3v) is 7.04. The van der Waals surface area contributed by atoms with E-state index in [1.165, 1.54) is 12.1 Å². The van der Waals surface area contributed by atoms with Crippen molar-refractivity contribution >= 4 is 34.0 Å². The van der Waals surface area contributed by atoms with Gasteiger partial charge < -0.3 is 35.5 Å². The molecule has 2 aromatic carbocycles. The number of primary amides is 1. The summed E-state index contributed by atoms with van der Waals surface area (Å²) >= 11 is 0. The number of allylic oxidation sites excluding steroid dienone is 1. The predicted octanol–water partition coefficient (Wildman–Crippen LogP) is 2.00. The first-order chi connectivity index (χ1) is 17.9. The first-order valence-electron chi connectivity index (χ1n) is 11.6. The van der Waals surface area contributed by atoms with Crippen LogP contribution >= 0.6 is 0 Å². The highest BCUT2D eigenvalue weighted by Gasteiger charge is 2.62. The maximum Gasteiger partial charge on any atom is 0.256 e. The number of nitrogens with zero attached hydrogens (tertiary/aromatic N) is 2. The highest BCUT2D eigenvalue weighted by molar-refractivity contribution is 6.38. The molecule has 5 rings (SSSR count). The first kappa shape index (κ1) is 25.0. The molecule has 196 valence electrons. The van der Waals surface area contributed by atoms with Crippen molar-refractivity contribution < 1.29 is 44.2 Å². The third kappa shape index (κ3) is 3.23. The Morgan fingerprint density at radius 3 is 2.53 bits per heavy atom. The second kappa shape index (κ2) is 8.42. The summed E-state index contributed by atoms with van der Waals surface area (Å²) in [6, 6.07) is 6.08. The van der Waals surface area contributed by atoms with Gasteiger partial charge in [0.25, 0.3) is 5.91 Å². The topological polar surface area (TPSA) is 206 Å². The van der Waals surface area contributed by atoms with E-state index >= 15 is 0 Å². The number of rotatable bonds is 4. The number of fused-ring (bicyclic) bond motifs is 3. The van der Waals surface area contributed by atoms with Gasteiger partial charge in [0.15, 0.2) is 17.1 Å². The highest BCUT2D eigenvalue weighted by Crippen LogP contribution is 2.49. The van der Waals surface area contributed by atoms with E-state index in [2.05, 4.69) is 10.3 Å². The zero-order valence-corrected chi connectivity index (χ0v) is 20.5. The van der Waals surface area contributed by atoms with Gasteiger partial charge in [0.1, 0.15) is 29.9 Å². The summed E-state index contributed by atoms with van der Waals surface area (Å²) in [4.78, 5) is 43.6. The van der Waals surface area contributed by atoms with E-state index in [1.54, 1.807) is 12.1 Å². The van der Waals surface area contributed by atoms with Crippen molar-refractivity contribution in [2.45, 2.75) is 31.8 Å². The number of hydrogen-bond donors (Lipinski definition) is 5. The zero-order valence-electron chi connectivity index (χ0n) is 20.5. The average molecular weight is 521 g/mol. The molecule has 2 atom stereocenters. The maximum absolute atomic E-state index is 13.7. The number of nitrogens with two attached hydrogens (primary N) is 1. The number of aliphatic hydroxyl groups is 2. The van der Waals surface area contributed by atoms with E-state index < -0.39 is 57.3 Å². The van der Waals surface area contributed by atoms with Crippen molar-refractivity contribution in [2.75, 3.05) is 7.11 Å². The third-order valence-electron chi connectivity index (χ3n) is 7.04. The molecule has 0 saturated heterocycles. The molecule has 0 aliphatic heterocycles. The summed E-state index contributed by atoms with van der Waals surface area (Å²) < 4.78 is 5.49. The van der Waals surface area contributed by atoms with Crippen LogP contribution in [-0.4, -0.2) is 61.5 Å². The van der Waals surface area contributed by atoms with Crippen LogP contribution in [0.15, 0.2) is 45.3 Å². The fourth-order valence-electron chi connectivity index (χ4n) is 5.14. The molecule has 1 aromatic heterocycles. The van der Waals surface area contributed by atoms with Crippen LogP contribution in [0.1, 0.15) is 41.4 Å². The summed E-state index contributed by atoms with van der Waals surface area (Å²) in [6.45, 7) is 3.87. The average Bonchev–Trinajstić information content (AvgIpc) is 3.34. The summed E-state index contributed by atoms with van der Waals surface area (Å²) in [5, 5.41) is 51.9. The molecule has 2 aliphatic carbocycles. The number of aliphatic hydroxyl groups excluding tert-OH is 1. The predicted molar refractivity (Wildman–Crippen MR) is 132 cm³/mol. The molecule has 1 heterocycles. The van der Waals surface area contributed by atoms with Gasteiger partial charge in [-0.1, -0.05) is 24.2 Å². The molecular weight excluding hydrogens is 498 g/mol.